The van der Waals surface area contributed by atoms with E-state index in [2.05, 4.69) is 45.8 Å². The molecule has 1 saturated heterocycles. The summed E-state index contributed by atoms with van der Waals surface area (Å²) in [6, 6.07) is 7.32. The molecule has 2 N–H and O–H groups in total. The molecule has 1 saturated carbocycles. The molecule has 7 nitrogen and oxygen atoms in total. The van der Waals surface area contributed by atoms with Gasteiger partial charge >= 0.3 is 0 Å². The topological polar surface area (TPSA) is 62.4 Å². The lowest BCUT2D eigenvalue weighted by Gasteiger charge is -2.38. The highest BCUT2D eigenvalue weighted by Gasteiger charge is 2.26. The lowest BCUT2D eigenvalue weighted by molar-refractivity contribution is 0.280. The van der Waals surface area contributed by atoms with Crippen LogP contribution in [0.15, 0.2) is 36.8 Å². The largest absolute Gasteiger partial charge is 0.380 e. The minimum Gasteiger partial charge on any atom is -0.380 e. The first-order chi connectivity index (χ1) is 17.1. The molecule has 0 radical (unpaired) electrons. The van der Waals surface area contributed by atoms with E-state index in [1.54, 1.807) is 4.40 Å². The van der Waals surface area contributed by atoms with Crippen LogP contribution < -0.4 is 15.5 Å². The predicted octanol–water partition coefficient (Wildman–Crippen LogP) is 4.87. The summed E-state index contributed by atoms with van der Waals surface area (Å²) < 4.78 is 18.3. The van der Waals surface area contributed by atoms with Crippen LogP contribution in [0.1, 0.15) is 50.3 Å². The summed E-state index contributed by atoms with van der Waals surface area (Å²) in [4.78, 5) is 6.76. The van der Waals surface area contributed by atoms with Gasteiger partial charge in [-0.15, -0.1) is 0 Å². The molecule has 1 aliphatic carbocycles. The third kappa shape index (κ3) is 4.35. The van der Waals surface area contributed by atoms with Gasteiger partial charge in [-0.2, -0.15) is 5.10 Å². The molecule has 6 rings (SSSR count). The molecule has 0 unspecified atom stereocenters. The summed E-state index contributed by atoms with van der Waals surface area (Å²) in [7, 11) is 0. The highest BCUT2D eigenvalue weighted by molar-refractivity contribution is 5.94. The number of nitrogens with one attached hydrogen (secondary N) is 2. The number of pyridine rings is 1. The Kier molecular flexibility index (Phi) is 5.84. The molecule has 184 valence electrons. The minimum absolute atomic E-state index is 0.325. The molecule has 0 bridgehead atoms. The summed E-state index contributed by atoms with van der Waals surface area (Å²) in [5, 5.41) is 13.3. The molecule has 2 aliphatic rings. The summed E-state index contributed by atoms with van der Waals surface area (Å²) in [6.45, 7) is 7.53. The monoisotopic (exact) mass is 475 g/mol. The van der Waals surface area contributed by atoms with E-state index in [1.807, 2.05) is 24.0 Å². The number of aryl methyl sites for hydroxylation is 2. The van der Waals surface area contributed by atoms with Crippen LogP contribution in [-0.2, 0) is 13.1 Å². The standard InChI is InChI=1S/C27H34FN7/c1-3-35-17-23-25(33-11-9-21(10-12-33)31-20-5-4-6-20)8-7-19(26(23)32-35)14-29-22-13-24(28)27-30-18(2)15-34(27)16-22/h7-8,13,15-17,20-21,29,31H,3-6,9-12,14H2,1-2H3. The van der Waals surface area contributed by atoms with E-state index in [-0.39, 0.29) is 5.82 Å². The van der Waals surface area contributed by atoms with Gasteiger partial charge in [-0.1, -0.05) is 12.5 Å². The van der Waals surface area contributed by atoms with Crippen LogP contribution in [0, 0.1) is 12.7 Å². The van der Waals surface area contributed by atoms with E-state index in [1.165, 1.54) is 49.2 Å². The lowest BCUT2D eigenvalue weighted by Crippen LogP contribution is -2.48. The van der Waals surface area contributed by atoms with E-state index < -0.39 is 0 Å². The number of hydrogen-bond donors (Lipinski definition) is 2. The van der Waals surface area contributed by atoms with E-state index in [9.17, 15) is 4.39 Å². The van der Waals surface area contributed by atoms with Gasteiger partial charge in [-0.05, 0) is 51.2 Å². The zero-order chi connectivity index (χ0) is 23.9. The number of piperidine rings is 1. The van der Waals surface area contributed by atoms with Crippen molar-refractivity contribution in [2.45, 2.75) is 71.1 Å². The van der Waals surface area contributed by atoms with Gasteiger partial charge in [-0.3, -0.25) is 4.68 Å². The Balaban J connectivity index is 1.21. The van der Waals surface area contributed by atoms with Crippen molar-refractivity contribution in [1.29, 1.82) is 0 Å². The smallest absolute Gasteiger partial charge is 0.173 e. The average Bonchev–Trinajstić information content (AvgIpc) is 3.44. The van der Waals surface area contributed by atoms with Crippen LogP contribution in [0.3, 0.4) is 0 Å². The number of rotatable bonds is 7. The normalized spacial score (nSPS) is 17.4. The molecular weight excluding hydrogens is 441 g/mol. The van der Waals surface area contributed by atoms with Crippen molar-refractivity contribution in [3.63, 3.8) is 0 Å². The third-order valence-electron chi connectivity index (χ3n) is 7.63. The number of nitrogens with zero attached hydrogens (tertiary/aromatic N) is 5. The first kappa shape index (κ1) is 22.3. The fourth-order valence-electron chi connectivity index (χ4n) is 5.44. The van der Waals surface area contributed by atoms with Crippen LogP contribution in [-0.4, -0.2) is 44.3 Å². The zero-order valence-corrected chi connectivity index (χ0v) is 20.6. The van der Waals surface area contributed by atoms with Crippen LogP contribution >= 0.6 is 0 Å². The molecular formula is C27H34FN7. The number of aromatic nitrogens is 4. The van der Waals surface area contributed by atoms with Crippen LogP contribution in [0.2, 0.25) is 0 Å². The molecule has 0 spiro atoms. The molecule has 4 aromatic rings. The van der Waals surface area contributed by atoms with Gasteiger partial charge in [0.05, 0.1) is 16.9 Å². The summed E-state index contributed by atoms with van der Waals surface area (Å²) >= 11 is 0. The van der Waals surface area contributed by atoms with Crippen LogP contribution in [0.4, 0.5) is 15.8 Å². The van der Waals surface area contributed by atoms with Gasteiger partial charge in [0.15, 0.2) is 11.5 Å². The predicted molar refractivity (Wildman–Crippen MR) is 139 cm³/mol. The average molecular weight is 476 g/mol. The SMILES string of the molecule is CCn1cc2c(N3CCC(NC4CCC4)CC3)ccc(CNc3cc(F)c4nc(C)cn4c3)c2n1. The Morgan fingerprint density at radius 1 is 1.06 bits per heavy atom. The van der Waals surface area contributed by atoms with Crippen molar-refractivity contribution in [3.05, 3.63) is 53.9 Å². The minimum atomic E-state index is -0.325. The van der Waals surface area contributed by atoms with Gasteiger partial charge in [0.2, 0.25) is 0 Å². The number of anilines is 2. The van der Waals surface area contributed by atoms with Crippen molar-refractivity contribution in [2.24, 2.45) is 0 Å². The van der Waals surface area contributed by atoms with E-state index in [0.717, 1.165) is 48.1 Å². The summed E-state index contributed by atoms with van der Waals surface area (Å²) in [5.74, 6) is -0.325. The highest BCUT2D eigenvalue weighted by Crippen LogP contribution is 2.32. The quantitative estimate of drug-likeness (QED) is 0.399. The molecule has 4 heterocycles. The molecule has 1 aliphatic heterocycles. The third-order valence-corrected chi connectivity index (χ3v) is 7.63. The van der Waals surface area contributed by atoms with Gasteiger partial charge in [-0.25, -0.2) is 9.37 Å². The van der Waals surface area contributed by atoms with Crippen molar-refractivity contribution >= 4 is 27.9 Å². The number of imidazole rings is 1. The number of halogens is 1. The Morgan fingerprint density at radius 3 is 2.60 bits per heavy atom. The lowest BCUT2D eigenvalue weighted by atomic mass is 9.91. The molecule has 2 fully saturated rings. The molecule has 35 heavy (non-hydrogen) atoms. The molecule has 0 atom stereocenters. The molecule has 8 heteroatoms. The first-order valence-corrected chi connectivity index (χ1v) is 13.0. The molecule has 1 aromatic carbocycles. The van der Waals surface area contributed by atoms with Gasteiger partial charge in [0.25, 0.3) is 0 Å². The van der Waals surface area contributed by atoms with Crippen molar-refractivity contribution < 1.29 is 4.39 Å². The Morgan fingerprint density at radius 2 is 1.86 bits per heavy atom. The van der Waals surface area contributed by atoms with Gasteiger partial charge in [0, 0.05) is 74.0 Å². The number of fused-ring (bicyclic) bond motifs is 2. The zero-order valence-electron chi connectivity index (χ0n) is 20.6. The molecule has 0 amide bonds. The van der Waals surface area contributed by atoms with E-state index in [0.29, 0.717) is 18.2 Å². The van der Waals surface area contributed by atoms with Crippen LogP contribution in [0.25, 0.3) is 16.6 Å². The second kappa shape index (κ2) is 9.15. The van der Waals surface area contributed by atoms with E-state index in [4.69, 9.17) is 5.10 Å². The maximum Gasteiger partial charge on any atom is 0.173 e. The van der Waals surface area contributed by atoms with Crippen molar-refractivity contribution in [3.8, 4) is 0 Å². The maximum absolute atomic E-state index is 14.5. The van der Waals surface area contributed by atoms with Crippen molar-refractivity contribution in [2.75, 3.05) is 23.3 Å². The Hall–Kier alpha value is -3.13. The summed E-state index contributed by atoms with van der Waals surface area (Å²) in [6.07, 6.45) is 12.3. The summed E-state index contributed by atoms with van der Waals surface area (Å²) in [5.41, 5.74) is 5.28. The fraction of sp³-hybridized carbons (Fsp3) is 0.481. The van der Waals surface area contributed by atoms with Crippen LogP contribution in [0.5, 0.6) is 0 Å². The Bertz CT molecular complexity index is 1340. The second-order valence-corrected chi connectivity index (χ2v) is 10.1. The van der Waals surface area contributed by atoms with Gasteiger partial charge < -0.3 is 19.9 Å². The maximum atomic E-state index is 14.5. The number of benzene rings is 1. The Labute approximate surface area is 205 Å². The second-order valence-electron chi connectivity index (χ2n) is 10.1. The molecule has 3 aromatic heterocycles. The number of hydrogen-bond acceptors (Lipinski definition) is 5. The first-order valence-electron chi connectivity index (χ1n) is 13.0. The van der Waals surface area contributed by atoms with Crippen molar-refractivity contribution in [1.82, 2.24) is 24.5 Å². The fourth-order valence-corrected chi connectivity index (χ4v) is 5.44. The van der Waals surface area contributed by atoms with E-state index >= 15 is 0 Å². The highest BCUT2D eigenvalue weighted by atomic mass is 19.1. The van der Waals surface area contributed by atoms with Gasteiger partial charge in [0.1, 0.15) is 0 Å².